The molecule has 2 atom stereocenters. The summed E-state index contributed by atoms with van der Waals surface area (Å²) in [5.74, 6) is -2.03. The Bertz CT molecular complexity index is 1060. The highest BCUT2D eigenvalue weighted by Gasteiger charge is 2.27. The molecular formula is C22H25F2N5OS2. The molecule has 0 spiro atoms. The van der Waals surface area contributed by atoms with E-state index in [0.717, 1.165) is 60.9 Å². The van der Waals surface area contributed by atoms with Crippen LogP contribution in [-0.2, 0) is 0 Å². The fourth-order valence-corrected chi connectivity index (χ4v) is 5.80. The van der Waals surface area contributed by atoms with Crippen molar-refractivity contribution in [1.29, 1.82) is 0 Å². The molecule has 2 aliphatic heterocycles. The number of aromatic nitrogens is 1. The van der Waals surface area contributed by atoms with Gasteiger partial charge < -0.3 is 21.7 Å². The number of carbonyl (C=O) groups is 1. The Hall–Kier alpha value is -2.43. The Labute approximate surface area is 193 Å². The van der Waals surface area contributed by atoms with Gasteiger partial charge in [-0.25, -0.2) is 13.8 Å². The number of carbonyl (C=O) groups excluding carboxylic acids is 1. The van der Waals surface area contributed by atoms with Gasteiger partial charge >= 0.3 is 0 Å². The SMILES string of the molecule is CC1CC=CC(NC(=O)c2nc(-c3c(F)cccc3F)sc2N)=C(N2CCCC(N)C2)S1. The zero-order valence-electron chi connectivity index (χ0n) is 17.6. The maximum atomic E-state index is 14.2. The van der Waals surface area contributed by atoms with Gasteiger partial charge in [0.25, 0.3) is 5.91 Å². The van der Waals surface area contributed by atoms with Crippen LogP contribution in [0, 0.1) is 11.6 Å². The standard InChI is InChI=1S/C22H25F2N5OS2/c1-12-5-2-9-16(22(31-12)29-10-4-6-13(25)11-29)27-20(30)18-19(26)32-21(28-18)17-14(23)7-3-8-15(17)24/h2-3,7-9,12-13H,4-6,10-11,25-26H2,1H3,(H,27,30). The number of piperidine rings is 1. The number of hydrogen-bond acceptors (Lipinski definition) is 7. The molecule has 2 aromatic rings. The highest BCUT2D eigenvalue weighted by atomic mass is 32.2. The van der Waals surface area contributed by atoms with Gasteiger partial charge in [-0.2, -0.15) is 0 Å². The number of amides is 1. The molecule has 4 rings (SSSR count). The second-order valence-corrected chi connectivity index (χ2v) is 10.4. The zero-order valence-corrected chi connectivity index (χ0v) is 19.2. The van der Waals surface area contributed by atoms with E-state index in [9.17, 15) is 13.6 Å². The lowest BCUT2D eigenvalue weighted by atomic mass is 10.1. The fourth-order valence-electron chi connectivity index (χ4n) is 3.77. The first-order chi connectivity index (χ1) is 15.3. The molecule has 0 saturated carbocycles. The van der Waals surface area contributed by atoms with Gasteiger partial charge in [-0.15, -0.1) is 11.8 Å². The first-order valence-electron chi connectivity index (χ1n) is 10.4. The van der Waals surface area contributed by atoms with Gasteiger partial charge in [0.1, 0.15) is 21.6 Å². The number of thioether (sulfide) groups is 1. The third-order valence-electron chi connectivity index (χ3n) is 5.33. The fraction of sp³-hybridized carbons (Fsp3) is 0.364. The summed E-state index contributed by atoms with van der Waals surface area (Å²) in [7, 11) is 0. The number of nitrogens with zero attached hydrogens (tertiary/aromatic N) is 2. The van der Waals surface area contributed by atoms with Crippen LogP contribution in [0.1, 0.15) is 36.7 Å². The van der Waals surface area contributed by atoms with Crippen LogP contribution in [0.5, 0.6) is 0 Å². The summed E-state index contributed by atoms with van der Waals surface area (Å²) in [4.78, 5) is 19.5. The van der Waals surface area contributed by atoms with Gasteiger partial charge in [0.15, 0.2) is 5.69 Å². The summed E-state index contributed by atoms with van der Waals surface area (Å²) in [5, 5.41) is 4.35. The number of allylic oxidation sites excluding steroid dienone is 2. The van der Waals surface area contributed by atoms with Crippen LogP contribution in [0.3, 0.4) is 0 Å². The van der Waals surface area contributed by atoms with Gasteiger partial charge in [0.2, 0.25) is 0 Å². The average Bonchev–Trinajstić information content (AvgIpc) is 3.02. The van der Waals surface area contributed by atoms with Gasteiger partial charge in [0.05, 0.1) is 16.3 Å². The topological polar surface area (TPSA) is 97.3 Å². The van der Waals surface area contributed by atoms with E-state index in [1.807, 2.05) is 12.2 Å². The second-order valence-electron chi connectivity index (χ2n) is 7.92. The normalized spacial score (nSPS) is 21.6. The molecule has 1 aromatic heterocycles. The van der Waals surface area contributed by atoms with Crippen molar-refractivity contribution in [2.45, 2.75) is 37.5 Å². The number of anilines is 1. The Morgan fingerprint density at radius 1 is 1.31 bits per heavy atom. The highest BCUT2D eigenvalue weighted by molar-refractivity contribution is 8.03. The van der Waals surface area contributed by atoms with Crippen LogP contribution in [0.15, 0.2) is 41.1 Å². The van der Waals surface area contributed by atoms with Crippen molar-refractivity contribution in [3.05, 3.63) is 58.4 Å². The molecule has 5 N–H and O–H groups in total. The predicted molar refractivity (Wildman–Crippen MR) is 126 cm³/mol. The molecule has 1 saturated heterocycles. The molecule has 0 aliphatic carbocycles. The van der Waals surface area contributed by atoms with E-state index in [2.05, 4.69) is 22.1 Å². The maximum absolute atomic E-state index is 14.2. The average molecular weight is 478 g/mol. The molecule has 32 heavy (non-hydrogen) atoms. The van der Waals surface area contributed by atoms with Crippen LogP contribution < -0.4 is 16.8 Å². The Kier molecular flexibility index (Phi) is 6.82. The smallest absolute Gasteiger partial charge is 0.277 e. The Morgan fingerprint density at radius 2 is 2.06 bits per heavy atom. The number of nitrogens with one attached hydrogen (secondary N) is 1. The van der Waals surface area contributed by atoms with Crippen LogP contribution in [0.4, 0.5) is 13.8 Å². The van der Waals surface area contributed by atoms with E-state index in [1.165, 1.54) is 6.07 Å². The van der Waals surface area contributed by atoms with Crippen molar-refractivity contribution in [3.63, 3.8) is 0 Å². The number of nitrogen functional groups attached to an aromatic ring is 1. The molecule has 10 heteroatoms. The third-order valence-corrected chi connectivity index (χ3v) is 7.53. The Balaban J connectivity index is 1.64. The molecule has 170 valence electrons. The van der Waals surface area contributed by atoms with E-state index in [4.69, 9.17) is 11.5 Å². The first-order valence-corrected chi connectivity index (χ1v) is 12.1. The van der Waals surface area contributed by atoms with Gasteiger partial charge in [-0.1, -0.05) is 30.4 Å². The van der Waals surface area contributed by atoms with Crippen LogP contribution in [0.2, 0.25) is 0 Å². The lowest BCUT2D eigenvalue weighted by molar-refractivity contribution is 0.0962. The highest BCUT2D eigenvalue weighted by Crippen LogP contribution is 2.36. The molecule has 1 aromatic carbocycles. The number of benzene rings is 1. The van der Waals surface area contributed by atoms with E-state index in [-0.39, 0.29) is 27.3 Å². The molecule has 6 nitrogen and oxygen atoms in total. The molecule has 2 unspecified atom stereocenters. The summed E-state index contributed by atoms with van der Waals surface area (Å²) in [6.45, 7) is 3.72. The number of rotatable bonds is 4. The molecular weight excluding hydrogens is 452 g/mol. The van der Waals surface area contributed by atoms with Crippen molar-refractivity contribution < 1.29 is 13.6 Å². The quantitative estimate of drug-likeness (QED) is 0.614. The summed E-state index contributed by atoms with van der Waals surface area (Å²) in [6, 6.07) is 3.65. The maximum Gasteiger partial charge on any atom is 0.277 e. The third kappa shape index (κ3) is 4.82. The largest absolute Gasteiger partial charge is 0.389 e. The van der Waals surface area contributed by atoms with Gasteiger partial charge in [-0.3, -0.25) is 4.79 Å². The van der Waals surface area contributed by atoms with E-state index >= 15 is 0 Å². The first kappa shape index (κ1) is 22.8. The van der Waals surface area contributed by atoms with E-state index in [1.54, 1.807) is 11.8 Å². The van der Waals surface area contributed by atoms with Crippen molar-refractivity contribution in [1.82, 2.24) is 15.2 Å². The van der Waals surface area contributed by atoms with Crippen molar-refractivity contribution in [2.75, 3.05) is 18.8 Å². The lowest BCUT2D eigenvalue weighted by Gasteiger charge is -2.35. The minimum Gasteiger partial charge on any atom is -0.389 e. The van der Waals surface area contributed by atoms with Gasteiger partial charge in [0, 0.05) is 24.4 Å². The monoisotopic (exact) mass is 477 g/mol. The summed E-state index contributed by atoms with van der Waals surface area (Å²) in [6.07, 6.45) is 6.75. The van der Waals surface area contributed by atoms with Crippen LogP contribution in [-0.4, -0.2) is 40.2 Å². The molecule has 0 bridgehead atoms. The molecule has 3 heterocycles. The zero-order chi connectivity index (χ0) is 22.8. The predicted octanol–water partition coefficient (Wildman–Crippen LogP) is 4.07. The summed E-state index contributed by atoms with van der Waals surface area (Å²) < 4.78 is 28.3. The van der Waals surface area contributed by atoms with Gasteiger partial charge in [-0.05, 0) is 37.5 Å². The molecule has 1 amide bonds. The molecule has 1 fully saturated rings. The van der Waals surface area contributed by atoms with Crippen LogP contribution in [0.25, 0.3) is 10.6 Å². The number of likely N-dealkylation sites (tertiary alicyclic amines) is 1. The summed E-state index contributed by atoms with van der Waals surface area (Å²) >= 11 is 2.58. The number of hydrogen-bond donors (Lipinski definition) is 3. The van der Waals surface area contributed by atoms with E-state index < -0.39 is 17.5 Å². The van der Waals surface area contributed by atoms with Crippen LogP contribution >= 0.6 is 23.1 Å². The lowest BCUT2D eigenvalue weighted by Crippen LogP contribution is -2.43. The van der Waals surface area contributed by atoms with Crippen molar-refractivity contribution >= 4 is 34.0 Å². The van der Waals surface area contributed by atoms with E-state index in [0.29, 0.717) is 10.9 Å². The second kappa shape index (κ2) is 9.60. The number of thiazole rings is 1. The summed E-state index contributed by atoms with van der Waals surface area (Å²) in [5.41, 5.74) is 12.5. The van der Waals surface area contributed by atoms with Crippen molar-refractivity contribution in [3.8, 4) is 10.6 Å². The molecule has 0 radical (unpaired) electrons. The Morgan fingerprint density at radius 3 is 2.78 bits per heavy atom. The minimum absolute atomic E-state index is 0.0267. The molecule has 2 aliphatic rings. The van der Waals surface area contributed by atoms with Crippen molar-refractivity contribution in [2.24, 2.45) is 5.73 Å². The number of halogens is 2. The number of nitrogens with two attached hydrogens (primary N) is 2. The minimum atomic E-state index is -0.755.